The van der Waals surface area contributed by atoms with Crippen LogP contribution in [0.1, 0.15) is 5.69 Å². The summed E-state index contributed by atoms with van der Waals surface area (Å²) in [6.07, 6.45) is 3.32. The topological polar surface area (TPSA) is 58.3 Å². The van der Waals surface area contributed by atoms with Gasteiger partial charge in [-0.3, -0.25) is 9.88 Å². The first kappa shape index (κ1) is 12.7. The van der Waals surface area contributed by atoms with Crippen LogP contribution in [0.5, 0.6) is 0 Å². The molecular formula is C11H18ClN5. The molecule has 0 aliphatic carbocycles. The molecule has 0 bridgehead atoms. The lowest BCUT2D eigenvalue weighted by Gasteiger charge is -2.39. The van der Waals surface area contributed by atoms with Crippen molar-refractivity contribution in [2.24, 2.45) is 5.73 Å². The summed E-state index contributed by atoms with van der Waals surface area (Å²) in [4.78, 5) is 13.0. The normalized spacial score (nSPS) is 22.9. The first-order valence-corrected chi connectivity index (χ1v) is 6.16. The van der Waals surface area contributed by atoms with Crippen LogP contribution in [-0.4, -0.2) is 59.0 Å². The van der Waals surface area contributed by atoms with E-state index in [9.17, 15) is 0 Å². The Labute approximate surface area is 107 Å². The van der Waals surface area contributed by atoms with Gasteiger partial charge in [0.15, 0.2) is 0 Å². The number of rotatable bonds is 3. The van der Waals surface area contributed by atoms with Crippen LogP contribution in [0, 0.1) is 0 Å². The molecule has 2 N–H and O–H groups in total. The van der Waals surface area contributed by atoms with E-state index in [-0.39, 0.29) is 0 Å². The fourth-order valence-corrected chi connectivity index (χ4v) is 2.21. The number of aromatic nitrogens is 2. The van der Waals surface area contributed by atoms with E-state index in [1.165, 1.54) is 0 Å². The Bertz CT molecular complexity index is 355. The molecule has 1 saturated heterocycles. The molecule has 1 aliphatic heterocycles. The van der Waals surface area contributed by atoms with Crippen LogP contribution in [0.15, 0.2) is 12.4 Å². The highest BCUT2D eigenvalue weighted by Crippen LogP contribution is 2.11. The lowest BCUT2D eigenvalue weighted by atomic mass is 10.1. The van der Waals surface area contributed by atoms with E-state index < -0.39 is 0 Å². The highest BCUT2D eigenvalue weighted by molar-refractivity contribution is 6.29. The Morgan fingerprint density at radius 3 is 2.88 bits per heavy atom. The Balaban J connectivity index is 1.99. The SMILES string of the molecule is CN1CCN(Cc2cnc(Cl)cn2)C(CN)C1. The maximum atomic E-state index is 5.81. The molecule has 6 heteroatoms. The largest absolute Gasteiger partial charge is 0.329 e. The molecule has 94 valence electrons. The van der Waals surface area contributed by atoms with Crippen molar-refractivity contribution in [2.75, 3.05) is 33.2 Å². The molecule has 1 aromatic rings. The van der Waals surface area contributed by atoms with Gasteiger partial charge >= 0.3 is 0 Å². The van der Waals surface area contributed by atoms with Crippen molar-refractivity contribution in [1.29, 1.82) is 0 Å². The Morgan fingerprint density at radius 2 is 2.24 bits per heavy atom. The molecule has 1 aliphatic rings. The number of nitrogens with zero attached hydrogens (tertiary/aromatic N) is 4. The third kappa shape index (κ3) is 3.35. The molecule has 0 amide bonds. The summed E-state index contributed by atoms with van der Waals surface area (Å²) in [5.41, 5.74) is 6.75. The van der Waals surface area contributed by atoms with Gasteiger partial charge in [-0.15, -0.1) is 0 Å². The molecule has 1 atom stereocenters. The standard InChI is InChI=1S/C11H18ClN5/c1-16-2-3-17(10(4-13)8-16)7-9-5-15-11(12)6-14-9/h5-6,10H,2-4,7-8,13H2,1H3. The summed E-state index contributed by atoms with van der Waals surface area (Å²) >= 11 is 5.72. The molecule has 0 spiro atoms. The lowest BCUT2D eigenvalue weighted by Crippen LogP contribution is -2.54. The van der Waals surface area contributed by atoms with Gasteiger partial charge in [-0.2, -0.15) is 0 Å². The maximum Gasteiger partial charge on any atom is 0.147 e. The summed E-state index contributed by atoms with van der Waals surface area (Å²) in [6.45, 7) is 4.56. The third-order valence-corrected chi connectivity index (χ3v) is 3.31. The fraction of sp³-hybridized carbons (Fsp3) is 0.636. The highest BCUT2D eigenvalue weighted by Gasteiger charge is 2.24. The van der Waals surface area contributed by atoms with Gasteiger partial charge in [0.25, 0.3) is 0 Å². The number of halogens is 1. The van der Waals surface area contributed by atoms with E-state index in [2.05, 4.69) is 26.8 Å². The first-order chi connectivity index (χ1) is 8.19. The second-order valence-electron chi connectivity index (χ2n) is 4.45. The minimum atomic E-state index is 0.395. The Morgan fingerprint density at radius 1 is 1.41 bits per heavy atom. The molecule has 17 heavy (non-hydrogen) atoms. The first-order valence-electron chi connectivity index (χ1n) is 5.78. The second-order valence-corrected chi connectivity index (χ2v) is 4.84. The van der Waals surface area contributed by atoms with Crippen LogP contribution in [0.2, 0.25) is 5.15 Å². The molecule has 2 rings (SSSR count). The van der Waals surface area contributed by atoms with Crippen LogP contribution in [0.4, 0.5) is 0 Å². The van der Waals surface area contributed by atoms with Crippen LogP contribution in [0.25, 0.3) is 0 Å². The Kier molecular flexibility index (Phi) is 4.28. The molecule has 0 radical (unpaired) electrons. The lowest BCUT2D eigenvalue weighted by molar-refractivity contribution is 0.0869. The average Bonchev–Trinajstić information content (AvgIpc) is 2.34. The molecule has 0 aromatic carbocycles. The quantitative estimate of drug-likeness (QED) is 0.837. The zero-order chi connectivity index (χ0) is 12.3. The number of likely N-dealkylation sites (N-methyl/N-ethyl adjacent to an activating group) is 1. The third-order valence-electron chi connectivity index (χ3n) is 3.12. The van der Waals surface area contributed by atoms with Crippen molar-refractivity contribution in [1.82, 2.24) is 19.8 Å². The molecule has 1 fully saturated rings. The fourth-order valence-electron chi connectivity index (χ4n) is 2.11. The summed E-state index contributed by atoms with van der Waals surface area (Å²) < 4.78 is 0. The maximum absolute atomic E-state index is 5.81. The van der Waals surface area contributed by atoms with Gasteiger partial charge in [0.1, 0.15) is 5.15 Å². The molecule has 5 nitrogen and oxygen atoms in total. The van der Waals surface area contributed by atoms with Crippen molar-refractivity contribution < 1.29 is 0 Å². The monoisotopic (exact) mass is 255 g/mol. The molecule has 1 aromatic heterocycles. The van der Waals surface area contributed by atoms with E-state index in [0.29, 0.717) is 17.7 Å². The van der Waals surface area contributed by atoms with Crippen LogP contribution in [-0.2, 0) is 6.54 Å². The van der Waals surface area contributed by atoms with Gasteiger partial charge in [0, 0.05) is 38.8 Å². The van der Waals surface area contributed by atoms with Gasteiger partial charge in [-0.05, 0) is 7.05 Å². The number of hydrogen-bond donors (Lipinski definition) is 1. The minimum Gasteiger partial charge on any atom is -0.329 e. The van der Waals surface area contributed by atoms with Crippen molar-refractivity contribution in [3.8, 4) is 0 Å². The predicted octanol–water partition coefficient (Wildman–Crippen LogP) is 0.205. The van der Waals surface area contributed by atoms with E-state index in [4.69, 9.17) is 17.3 Å². The van der Waals surface area contributed by atoms with Crippen molar-refractivity contribution >= 4 is 11.6 Å². The zero-order valence-corrected chi connectivity index (χ0v) is 10.8. The Hall–Kier alpha value is -0.750. The van der Waals surface area contributed by atoms with E-state index in [1.807, 2.05) is 0 Å². The molecular weight excluding hydrogens is 238 g/mol. The summed E-state index contributed by atoms with van der Waals surface area (Å²) in [5, 5.41) is 0.433. The summed E-state index contributed by atoms with van der Waals surface area (Å²) in [7, 11) is 2.13. The van der Waals surface area contributed by atoms with Gasteiger partial charge in [0.2, 0.25) is 0 Å². The number of hydrogen-bond acceptors (Lipinski definition) is 5. The zero-order valence-electron chi connectivity index (χ0n) is 10.0. The van der Waals surface area contributed by atoms with Crippen LogP contribution >= 0.6 is 11.6 Å². The van der Waals surface area contributed by atoms with Gasteiger partial charge in [-0.1, -0.05) is 11.6 Å². The smallest absolute Gasteiger partial charge is 0.147 e. The second kappa shape index (κ2) is 5.73. The van der Waals surface area contributed by atoms with Gasteiger partial charge in [0.05, 0.1) is 18.1 Å². The predicted molar refractivity (Wildman–Crippen MR) is 67.8 cm³/mol. The van der Waals surface area contributed by atoms with E-state index in [1.54, 1.807) is 12.4 Å². The molecule has 1 unspecified atom stereocenters. The number of nitrogens with two attached hydrogens (primary N) is 1. The molecule has 0 saturated carbocycles. The van der Waals surface area contributed by atoms with Crippen LogP contribution in [0.3, 0.4) is 0 Å². The summed E-state index contributed by atoms with van der Waals surface area (Å²) in [5.74, 6) is 0. The van der Waals surface area contributed by atoms with Crippen molar-refractivity contribution in [3.05, 3.63) is 23.2 Å². The van der Waals surface area contributed by atoms with Gasteiger partial charge < -0.3 is 10.6 Å². The highest BCUT2D eigenvalue weighted by atomic mass is 35.5. The van der Waals surface area contributed by atoms with E-state index in [0.717, 1.165) is 31.9 Å². The average molecular weight is 256 g/mol. The van der Waals surface area contributed by atoms with Crippen molar-refractivity contribution in [2.45, 2.75) is 12.6 Å². The van der Waals surface area contributed by atoms with Crippen LogP contribution < -0.4 is 5.73 Å². The molecule has 2 heterocycles. The minimum absolute atomic E-state index is 0.395. The van der Waals surface area contributed by atoms with E-state index >= 15 is 0 Å². The number of piperazine rings is 1. The van der Waals surface area contributed by atoms with Crippen molar-refractivity contribution in [3.63, 3.8) is 0 Å². The van der Waals surface area contributed by atoms with Gasteiger partial charge in [-0.25, -0.2) is 4.98 Å². The summed E-state index contributed by atoms with van der Waals surface area (Å²) in [6, 6.07) is 0.395.